The maximum absolute atomic E-state index is 10.4. The monoisotopic (exact) mass is 450 g/mol. The molecule has 0 saturated carbocycles. The van der Waals surface area contributed by atoms with E-state index in [1.54, 1.807) is 12.1 Å². The van der Waals surface area contributed by atoms with Gasteiger partial charge in [-0.05, 0) is 41.3 Å². The third kappa shape index (κ3) is 5.04. The predicted octanol–water partition coefficient (Wildman–Crippen LogP) is 1.61. The van der Waals surface area contributed by atoms with Gasteiger partial charge in [-0.25, -0.2) is 0 Å². The molecule has 2 aromatic carbocycles. The summed E-state index contributed by atoms with van der Waals surface area (Å²) in [6.45, 7) is 0.776. The van der Waals surface area contributed by atoms with E-state index in [0.29, 0.717) is 23.6 Å². The van der Waals surface area contributed by atoms with Crippen LogP contribution in [-0.4, -0.2) is 70.8 Å². The molecular formula is C23H27ClO7. The predicted molar refractivity (Wildman–Crippen MR) is 113 cm³/mol. The van der Waals surface area contributed by atoms with Crippen LogP contribution in [-0.2, 0) is 15.9 Å². The molecule has 2 fully saturated rings. The standard InChI is InChI=1S/C23H27ClO7/c24-18-6-3-14(22-20(27)21(28)23(31-22)19(26)11-25)10-15(18)9-13-1-4-16(5-2-13)30-17-7-8-29-12-17/h1-6,10,17,19-23,25-28H,7-9,11-12H2/t17-,19+,20?,21+,22?,23?/m0/s1. The van der Waals surface area contributed by atoms with E-state index in [1.807, 2.05) is 30.3 Å². The second-order valence-electron chi connectivity index (χ2n) is 8.03. The fourth-order valence-corrected chi connectivity index (χ4v) is 4.20. The quantitative estimate of drug-likeness (QED) is 0.507. The summed E-state index contributed by atoms with van der Waals surface area (Å²) in [5, 5.41) is 40.1. The van der Waals surface area contributed by atoms with Crippen molar-refractivity contribution in [3.05, 3.63) is 64.2 Å². The number of benzene rings is 2. The number of rotatable bonds is 7. The summed E-state index contributed by atoms with van der Waals surface area (Å²) in [5.74, 6) is 0.795. The Balaban J connectivity index is 1.47. The van der Waals surface area contributed by atoms with Gasteiger partial charge in [0.25, 0.3) is 0 Å². The second kappa shape index (κ2) is 9.83. The lowest BCUT2D eigenvalue weighted by atomic mass is 9.96. The van der Waals surface area contributed by atoms with Crippen molar-refractivity contribution in [3.8, 4) is 5.75 Å². The Morgan fingerprint density at radius 3 is 2.55 bits per heavy atom. The van der Waals surface area contributed by atoms with E-state index in [4.69, 9.17) is 30.9 Å². The molecule has 0 radical (unpaired) electrons. The molecule has 6 atom stereocenters. The van der Waals surface area contributed by atoms with Crippen molar-refractivity contribution in [3.63, 3.8) is 0 Å². The van der Waals surface area contributed by atoms with Gasteiger partial charge in [-0.3, -0.25) is 0 Å². The van der Waals surface area contributed by atoms with Crippen LogP contribution in [0, 0.1) is 0 Å². The first kappa shape index (κ1) is 22.5. The van der Waals surface area contributed by atoms with Crippen LogP contribution < -0.4 is 4.74 Å². The van der Waals surface area contributed by atoms with Gasteiger partial charge in [0.2, 0.25) is 0 Å². The van der Waals surface area contributed by atoms with Crippen molar-refractivity contribution >= 4 is 11.6 Å². The summed E-state index contributed by atoms with van der Waals surface area (Å²) in [6, 6.07) is 13.1. The molecule has 2 heterocycles. The molecule has 4 rings (SSSR count). The molecule has 2 aliphatic heterocycles. The van der Waals surface area contributed by atoms with Gasteiger partial charge in [-0.15, -0.1) is 0 Å². The Hall–Kier alpha value is -1.71. The van der Waals surface area contributed by atoms with E-state index in [9.17, 15) is 15.3 Å². The highest BCUT2D eigenvalue weighted by Gasteiger charge is 2.46. The lowest BCUT2D eigenvalue weighted by Gasteiger charge is -2.19. The Morgan fingerprint density at radius 1 is 1.10 bits per heavy atom. The number of halogens is 1. The topological polar surface area (TPSA) is 109 Å². The molecule has 0 aromatic heterocycles. The first-order valence-corrected chi connectivity index (χ1v) is 10.8. The zero-order valence-electron chi connectivity index (χ0n) is 16.9. The highest BCUT2D eigenvalue weighted by Crippen LogP contribution is 2.36. The van der Waals surface area contributed by atoms with Gasteiger partial charge >= 0.3 is 0 Å². The zero-order valence-corrected chi connectivity index (χ0v) is 17.7. The van der Waals surface area contributed by atoms with Crippen molar-refractivity contribution < 1.29 is 34.6 Å². The lowest BCUT2D eigenvalue weighted by molar-refractivity contribution is -0.0820. The number of aliphatic hydroxyl groups is 4. The minimum absolute atomic E-state index is 0.0957. The van der Waals surface area contributed by atoms with Crippen LogP contribution in [0.4, 0.5) is 0 Å². The smallest absolute Gasteiger partial charge is 0.124 e. The molecule has 31 heavy (non-hydrogen) atoms. The highest BCUT2D eigenvalue weighted by molar-refractivity contribution is 6.31. The van der Waals surface area contributed by atoms with E-state index < -0.39 is 37.1 Å². The molecule has 4 N–H and O–H groups in total. The van der Waals surface area contributed by atoms with Crippen LogP contribution in [0.2, 0.25) is 5.02 Å². The van der Waals surface area contributed by atoms with Crippen LogP contribution in [0.25, 0.3) is 0 Å². The first-order chi connectivity index (χ1) is 15.0. The maximum Gasteiger partial charge on any atom is 0.124 e. The van der Waals surface area contributed by atoms with Crippen molar-refractivity contribution in [2.45, 2.75) is 49.5 Å². The Bertz CT molecular complexity index is 869. The highest BCUT2D eigenvalue weighted by atomic mass is 35.5. The van der Waals surface area contributed by atoms with Crippen LogP contribution in [0.15, 0.2) is 42.5 Å². The van der Waals surface area contributed by atoms with Gasteiger partial charge < -0.3 is 34.6 Å². The third-order valence-electron chi connectivity index (χ3n) is 5.77. The molecule has 7 nitrogen and oxygen atoms in total. The van der Waals surface area contributed by atoms with E-state index in [-0.39, 0.29) is 6.10 Å². The Kier molecular flexibility index (Phi) is 7.13. The molecule has 0 amide bonds. The molecule has 0 aliphatic carbocycles. The average Bonchev–Trinajstić information content (AvgIpc) is 3.39. The Labute approximate surface area is 185 Å². The zero-order chi connectivity index (χ0) is 22.0. The number of aliphatic hydroxyl groups excluding tert-OH is 4. The summed E-state index contributed by atoms with van der Waals surface area (Å²) in [6.07, 6.45) is -4.15. The van der Waals surface area contributed by atoms with Gasteiger partial charge in [-0.2, -0.15) is 0 Å². The minimum atomic E-state index is -1.30. The van der Waals surface area contributed by atoms with Gasteiger partial charge in [-0.1, -0.05) is 35.9 Å². The minimum Gasteiger partial charge on any atom is -0.488 e. The average molecular weight is 451 g/mol. The molecule has 8 heteroatoms. The lowest BCUT2D eigenvalue weighted by Crippen LogP contribution is -2.40. The van der Waals surface area contributed by atoms with Crippen LogP contribution >= 0.6 is 11.6 Å². The summed E-state index contributed by atoms with van der Waals surface area (Å²) < 4.78 is 16.9. The molecule has 3 unspecified atom stereocenters. The Morgan fingerprint density at radius 2 is 1.87 bits per heavy atom. The van der Waals surface area contributed by atoms with Crippen LogP contribution in [0.3, 0.4) is 0 Å². The fourth-order valence-electron chi connectivity index (χ4n) is 4.01. The summed E-state index contributed by atoms with van der Waals surface area (Å²) >= 11 is 6.40. The van der Waals surface area contributed by atoms with E-state index in [2.05, 4.69) is 0 Å². The molecule has 0 spiro atoms. The molecule has 2 saturated heterocycles. The summed E-state index contributed by atoms with van der Waals surface area (Å²) in [4.78, 5) is 0. The first-order valence-electron chi connectivity index (χ1n) is 10.4. The number of ether oxygens (including phenoxy) is 3. The van der Waals surface area contributed by atoms with Crippen LogP contribution in [0.1, 0.15) is 29.2 Å². The van der Waals surface area contributed by atoms with E-state index in [0.717, 1.165) is 29.9 Å². The molecule has 168 valence electrons. The molecule has 2 aromatic rings. The fraction of sp³-hybridized carbons (Fsp3) is 0.478. The van der Waals surface area contributed by atoms with Crippen molar-refractivity contribution in [1.82, 2.24) is 0 Å². The maximum atomic E-state index is 10.4. The number of hydrogen-bond donors (Lipinski definition) is 4. The normalized spacial score (nSPS) is 29.3. The van der Waals surface area contributed by atoms with E-state index >= 15 is 0 Å². The number of hydrogen-bond acceptors (Lipinski definition) is 7. The third-order valence-corrected chi connectivity index (χ3v) is 6.14. The molecule has 2 aliphatic rings. The van der Waals surface area contributed by atoms with Gasteiger partial charge in [0, 0.05) is 11.4 Å². The largest absolute Gasteiger partial charge is 0.488 e. The van der Waals surface area contributed by atoms with Crippen molar-refractivity contribution in [1.29, 1.82) is 0 Å². The molecule has 0 bridgehead atoms. The van der Waals surface area contributed by atoms with E-state index in [1.165, 1.54) is 0 Å². The van der Waals surface area contributed by atoms with Gasteiger partial charge in [0.05, 0.1) is 19.8 Å². The summed E-state index contributed by atoms with van der Waals surface area (Å²) in [7, 11) is 0. The SMILES string of the molecule is OC[C@@H](O)C1OC(c2ccc(Cl)c(Cc3ccc(O[C@H]4CCOC4)cc3)c2)C(O)[C@H]1O. The second-order valence-corrected chi connectivity index (χ2v) is 8.43. The van der Waals surface area contributed by atoms with Crippen molar-refractivity contribution in [2.75, 3.05) is 19.8 Å². The molecular weight excluding hydrogens is 424 g/mol. The van der Waals surface area contributed by atoms with Crippen LogP contribution in [0.5, 0.6) is 5.75 Å². The van der Waals surface area contributed by atoms with Gasteiger partial charge in [0.15, 0.2) is 0 Å². The van der Waals surface area contributed by atoms with Gasteiger partial charge in [0.1, 0.15) is 42.4 Å². The van der Waals surface area contributed by atoms with Crippen molar-refractivity contribution in [2.24, 2.45) is 0 Å². The summed E-state index contributed by atoms with van der Waals surface area (Å²) in [5.41, 5.74) is 2.52.